The molecule has 0 aromatic heterocycles. The van der Waals surface area contributed by atoms with Gasteiger partial charge in [-0.15, -0.1) is 0 Å². The highest BCUT2D eigenvalue weighted by Crippen LogP contribution is 2.30. The SMILES string of the molecule is COc1ccc(NC(=S)NC(C)CC(C)(C)c2ccccc2)cc1OC. The second kappa shape index (κ2) is 8.90. The first-order valence-corrected chi connectivity index (χ1v) is 9.11. The average molecular weight is 373 g/mol. The van der Waals surface area contributed by atoms with Gasteiger partial charge >= 0.3 is 0 Å². The molecule has 0 bridgehead atoms. The Labute approximate surface area is 161 Å². The van der Waals surface area contributed by atoms with Crippen LogP contribution >= 0.6 is 12.2 Å². The van der Waals surface area contributed by atoms with Gasteiger partial charge in [0.05, 0.1) is 14.2 Å². The topological polar surface area (TPSA) is 42.5 Å². The van der Waals surface area contributed by atoms with Crippen LogP contribution < -0.4 is 20.1 Å². The van der Waals surface area contributed by atoms with Gasteiger partial charge in [0.15, 0.2) is 16.6 Å². The van der Waals surface area contributed by atoms with Crippen molar-refractivity contribution in [1.29, 1.82) is 0 Å². The van der Waals surface area contributed by atoms with E-state index in [4.69, 9.17) is 21.7 Å². The highest BCUT2D eigenvalue weighted by Gasteiger charge is 2.23. The molecule has 0 aliphatic rings. The molecule has 2 rings (SSSR count). The minimum Gasteiger partial charge on any atom is -0.493 e. The Morgan fingerprint density at radius 2 is 1.69 bits per heavy atom. The van der Waals surface area contributed by atoms with E-state index in [2.05, 4.69) is 55.7 Å². The van der Waals surface area contributed by atoms with Crippen molar-refractivity contribution in [1.82, 2.24) is 5.32 Å². The highest BCUT2D eigenvalue weighted by molar-refractivity contribution is 7.80. The van der Waals surface area contributed by atoms with Gasteiger partial charge in [0.2, 0.25) is 0 Å². The zero-order valence-corrected chi connectivity index (χ0v) is 16.9. The van der Waals surface area contributed by atoms with Crippen LogP contribution in [-0.4, -0.2) is 25.4 Å². The molecule has 2 aromatic carbocycles. The predicted molar refractivity (Wildman–Crippen MR) is 112 cm³/mol. The minimum atomic E-state index is 0.0621. The van der Waals surface area contributed by atoms with E-state index in [1.165, 1.54) is 5.56 Å². The molecule has 0 saturated carbocycles. The van der Waals surface area contributed by atoms with Crippen LogP contribution in [-0.2, 0) is 5.41 Å². The Morgan fingerprint density at radius 1 is 1.04 bits per heavy atom. The second-order valence-electron chi connectivity index (χ2n) is 7.02. The first-order chi connectivity index (χ1) is 12.4. The molecule has 2 aromatic rings. The van der Waals surface area contributed by atoms with Gasteiger partial charge in [-0.05, 0) is 48.7 Å². The fourth-order valence-electron chi connectivity index (χ4n) is 3.13. The Kier molecular flexibility index (Phi) is 6.86. The van der Waals surface area contributed by atoms with Crippen LogP contribution in [0.4, 0.5) is 5.69 Å². The molecular weight excluding hydrogens is 344 g/mol. The van der Waals surface area contributed by atoms with E-state index in [9.17, 15) is 0 Å². The van der Waals surface area contributed by atoms with Crippen molar-refractivity contribution in [3.63, 3.8) is 0 Å². The van der Waals surface area contributed by atoms with Gasteiger partial charge < -0.3 is 20.1 Å². The summed E-state index contributed by atoms with van der Waals surface area (Å²) in [6, 6.07) is 16.4. The van der Waals surface area contributed by atoms with E-state index in [-0.39, 0.29) is 11.5 Å². The van der Waals surface area contributed by atoms with Crippen LogP contribution in [0.25, 0.3) is 0 Å². The lowest BCUT2D eigenvalue weighted by Gasteiger charge is -2.29. The first kappa shape index (κ1) is 20.0. The molecule has 5 heteroatoms. The lowest BCUT2D eigenvalue weighted by Crippen LogP contribution is -2.39. The lowest BCUT2D eigenvalue weighted by atomic mass is 9.79. The quantitative estimate of drug-likeness (QED) is 0.687. The van der Waals surface area contributed by atoms with Crippen molar-refractivity contribution < 1.29 is 9.47 Å². The minimum absolute atomic E-state index is 0.0621. The molecular formula is C21H28N2O2S. The molecule has 0 amide bonds. The second-order valence-corrected chi connectivity index (χ2v) is 7.43. The molecule has 0 spiro atoms. The van der Waals surface area contributed by atoms with Crippen molar-refractivity contribution in [2.75, 3.05) is 19.5 Å². The number of ether oxygens (including phenoxy) is 2. The Hall–Kier alpha value is -2.27. The molecule has 0 fully saturated rings. The number of rotatable bonds is 7. The third kappa shape index (κ3) is 5.36. The monoisotopic (exact) mass is 372 g/mol. The van der Waals surface area contributed by atoms with Crippen molar-refractivity contribution in [2.45, 2.75) is 38.6 Å². The molecule has 1 atom stereocenters. The third-order valence-corrected chi connectivity index (χ3v) is 4.61. The zero-order valence-electron chi connectivity index (χ0n) is 16.1. The maximum absolute atomic E-state index is 5.46. The van der Waals surface area contributed by atoms with E-state index in [0.717, 1.165) is 12.1 Å². The summed E-state index contributed by atoms with van der Waals surface area (Å²) in [4.78, 5) is 0. The summed E-state index contributed by atoms with van der Waals surface area (Å²) in [6.07, 6.45) is 0.963. The van der Waals surface area contributed by atoms with Gasteiger partial charge in [0, 0.05) is 17.8 Å². The van der Waals surface area contributed by atoms with Crippen molar-refractivity contribution in [2.24, 2.45) is 0 Å². The van der Waals surface area contributed by atoms with E-state index >= 15 is 0 Å². The van der Waals surface area contributed by atoms with Crippen LogP contribution in [0.15, 0.2) is 48.5 Å². The maximum Gasteiger partial charge on any atom is 0.170 e. The summed E-state index contributed by atoms with van der Waals surface area (Å²) < 4.78 is 10.6. The molecule has 26 heavy (non-hydrogen) atoms. The average Bonchev–Trinajstić information content (AvgIpc) is 2.61. The molecule has 0 radical (unpaired) electrons. The lowest BCUT2D eigenvalue weighted by molar-refractivity contribution is 0.355. The van der Waals surface area contributed by atoms with E-state index in [1.807, 2.05) is 24.3 Å². The van der Waals surface area contributed by atoms with E-state index in [0.29, 0.717) is 16.6 Å². The summed E-state index contributed by atoms with van der Waals surface area (Å²) in [5, 5.41) is 7.17. The molecule has 0 aliphatic carbocycles. The van der Waals surface area contributed by atoms with E-state index in [1.54, 1.807) is 14.2 Å². The smallest absolute Gasteiger partial charge is 0.170 e. The number of thiocarbonyl (C=S) groups is 1. The fourth-order valence-corrected chi connectivity index (χ4v) is 3.45. The van der Waals surface area contributed by atoms with Gasteiger partial charge in [-0.1, -0.05) is 44.2 Å². The summed E-state index contributed by atoms with van der Waals surface area (Å²) in [6.45, 7) is 6.66. The standard InChI is InChI=1S/C21H28N2O2S/c1-15(14-21(2,3)16-9-7-6-8-10-16)22-20(26)23-17-11-12-18(24-4)19(13-17)25-5/h6-13,15H,14H2,1-5H3,(H2,22,23,26). The zero-order chi connectivity index (χ0) is 19.2. The summed E-state index contributed by atoms with van der Waals surface area (Å²) >= 11 is 5.46. The number of nitrogens with one attached hydrogen (secondary N) is 2. The maximum atomic E-state index is 5.46. The summed E-state index contributed by atoms with van der Waals surface area (Å²) in [5.41, 5.74) is 2.24. The van der Waals surface area contributed by atoms with Crippen LogP contribution in [0.5, 0.6) is 11.5 Å². The molecule has 4 nitrogen and oxygen atoms in total. The Morgan fingerprint density at radius 3 is 2.31 bits per heavy atom. The van der Waals surface area contributed by atoms with Crippen molar-refractivity contribution >= 4 is 23.0 Å². The number of hydrogen-bond acceptors (Lipinski definition) is 3. The molecule has 0 heterocycles. The van der Waals surface area contributed by atoms with E-state index < -0.39 is 0 Å². The largest absolute Gasteiger partial charge is 0.493 e. The Balaban J connectivity index is 1.95. The predicted octanol–water partition coefficient (Wildman–Crippen LogP) is 4.75. The van der Waals surface area contributed by atoms with Crippen LogP contribution in [0.2, 0.25) is 0 Å². The summed E-state index contributed by atoms with van der Waals surface area (Å²) in [7, 11) is 3.24. The van der Waals surface area contributed by atoms with Crippen molar-refractivity contribution in [3.05, 3.63) is 54.1 Å². The van der Waals surface area contributed by atoms with Gasteiger partial charge in [-0.3, -0.25) is 0 Å². The van der Waals surface area contributed by atoms with Crippen molar-refractivity contribution in [3.8, 4) is 11.5 Å². The van der Waals surface area contributed by atoms with Gasteiger partial charge in [-0.2, -0.15) is 0 Å². The summed E-state index contributed by atoms with van der Waals surface area (Å²) in [5.74, 6) is 1.36. The number of benzene rings is 2. The van der Waals surface area contributed by atoms with Crippen LogP contribution in [0, 0.1) is 0 Å². The highest BCUT2D eigenvalue weighted by atomic mass is 32.1. The first-order valence-electron chi connectivity index (χ1n) is 8.71. The van der Waals surface area contributed by atoms with Gasteiger partial charge in [0.25, 0.3) is 0 Å². The number of hydrogen-bond donors (Lipinski definition) is 2. The fraction of sp³-hybridized carbons (Fsp3) is 0.381. The normalized spacial score (nSPS) is 12.2. The Bertz CT molecular complexity index is 732. The molecule has 2 N–H and O–H groups in total. The molecule has 0 saturated heterocycles. The molecule has 140 valence electrons. The number of methoxy groups -OCH3 is 2. The van der Waals surface area contributed by atoms with Crippen LogP contribution in [0.1, 0.15) is 32.8 Å². The van der Waals surface area contributed by atoms with Gasteiger partial charge in [0.1, 0.15) is 0 Å². The third-order valence-electron chi connectivity index (χ3n) is 4.39. The molecule has 0 aliphatic heterocycles. The van der Waals surface area contributed by atoms with Gasteiger partial charge in [-0.25, -0.2) is 0 Å². The van der Waals surface area contributed by atoms with Crippen LogP contribution in [0.3, 0.4) is 0 Å². The molecule has 1 unspecified atom stereocenters. The number of anilines is 1.